The summed E-state index contributed by atoms with van der Waals surface area (Å²) in [6.07, 6.45) is 8.61. The van der Waals surface area contributed by atoms with E-state index in [2.05, 4.69) is 28.3 Å². The molecule has 0 atom stereocenters. The van der Waals surface area contributed by atoms with Gasteiger partial charge in [-0.25, -0.2) is 0 Å². The lowest BCUT2D eigenvalue weighted by atomic mass is 10.1. The highest BCUT2D eigenvalue weighted by Gasteiger charge is 2.04. The number of rotatable bonds is 7. The number of nitrogens with one attached hydrogen (secondary N) is 1. The molecule has 2 heterocycles. The summed E-state index contributed by atoms with van der Waals surface area (Å²) in [5.74, 6) is 0.789. The summed E-state index contributed by atoms with van der Waals surface area (Å²) in [4.78, 5) is 8.57. The van der Waals surface area contributed by atoms with Crippen molar-refractivity contribution in [3.63, 3.8) is 0 Å². The minimum Gasteiger partial charge on any atom is -0.489 e. The quantitative estimate of drug-likeness (QED) is 0.792. The van der Waals surface area contributed by atoms with Crippen LogP contribution in [0.3, 0.4) is 0 Å². The summed E-state index contributed by atoms with van der Waals surface area (Å²) in [6.45, 7) is 8.03. The van der Waals surface area contributed by atoms with E-state index in [1.54, 1.807) is 6.20 Å². The van der Waals surface area contributed by atoms with E-state index >= 15 is 0 Å². The number of hydrogen-bond acceptors (Lipinski definition) is 4. The van der Waals surface area contributed by atoms with Gasteiger partial charge in [-0.1, -0.05) is 6.92 Å². The van der Waals surface area contributed by atoms with Crippen LogP contribution in [-0.2, 0) is 6.54 Å². The zero-order chi connectivity index (χ0) is 15.1. The lowest BCUT2D eigenvalue weighted by Gasteiger charge is -2.11. The molecule has 2 rings (SSSR count). The summed E-state index contributed by atoms with van der Waals surface area (Å²) >= 11 is 0. The number of nitrogens with zero attached hydrogens (tertiary/aromatic N) is 2. The van der Waals surface area contributed by atoms with Gasteiger partial charge in [-0.2, -0.15) is 0 Å². The molecule has 2 aromatic heterocycles. The molecule has 0 aliphatic carbocycles. The molecular weight excluding hydrogens is 262 g/mol. The topological polar surface area (TPSA) is 47.0 Å². The first-order valence-electron chi connectivity index (χ1n) is 7.45. The fourth-order valence-corrected chi connectivity index (χ4v) is 2.06. The van der Waals surface area contributed by atoms with Crippen LogP contribution in [-0.4, -0.2) is 22.6 Å². The Morgan fingerprint density at radius 2 is 1.76 bits per heavy atom. The molecule has 0 fully saturated rings. The fourth-order valence-electron chi connectivity index (χ4n) is 2.06. The second-order valence-corrected chi connectivity index (χ2v) is 5.33. The minimum atomic E-state index is 0.143. The molecule has 1 N–H and O–H groups in total. The molecule has 21 heavy (non-hydrogen) atoms. The van der Waals surface area contributed by atoms with Gasteiger partial charge >= 0.3 is 0 Å². The average Bonchev–Trinajstić information content (AvgIpc) is 2.47. The van der Waals surface area contributed by atoms with Gasteiger partial charge in [-0.3, -0.25) is 9.97 Å². The summed E-state index contributed by atoms with van der Waals surface area (Å²) in [5, 5.41) is 3.39. The van der Waals surface area contributed by atoms with Crippen LogP contribution in [0.4, 0.5) is 0 Å². The Balaban J connectivity index is 2.15. The smallest absolute Gasteiger partial charge is 0.138 e. The molecule has 0 aliphatic rings. The normalized spacial score (nSPS) is 10.9. The van der Waals surface area contributed by atoms with E-state index in [1.165, 1.54) is 5.56 Å². The molecule has 112 valence electrons. The van der Waals surface area contributed by atoms with E-state index in [0.29, 0.717) is 0 Å². The van der Waals surface area contributed by atoms with Gasteiger partial charge < -0.3 is 10.1 Å². The van der Waals surface area contributed by atoms with Crippen molar-refractivity contribution in [1.29, 1.82) is 0 Å². The Bertz CT molecular complexity index is 569. The first-order chi connectivity index (χ1) is 10.2. The van der Waals surface area contributed by atoms with Crippen LogP contribution in [0, 0.1) is 0 Å². The van der Waals surface area contributed by atoms with Crippen LogP contribution < -0.4 is 10.1 Å². The van der Waals surface area contributed by atoms with E-state index < -0.39 is 0 Å². The van der Waals surface area contributed by atoms with Crippen molar-refractivity contribution in [2.45, 2.75) is 39.8 Å². The van der Waals surface area contributed by atoms with Gasteiger partial charge in [0, 0.05) is 36.3 Å². The molecule has 4 heteroatoms. The molecule has 0 saturated heterocycles. The highest BCUT2D eigenvalue weighted by molar-refractivity contribution is 5.63. The van der Waals surface area contributed by atoms with Gasteiger partial charge in [0.25, 0.3) is 0 Å². The van der Waals surface area contributed by atoms with Gasteiger partial charge in [0.15, 0.2) is 0 Å². The maximum absolute atomic E-state index is 5.69. The SMILES string of the molecule is CCCNCc1cncc(-c2cncc(OC(C)C)c2)c1. The molecule has 0 unspecified atom stereocenters. The summed E-state index contributed by atoms with van der Waals surface area (Å²) in [6, 6.07) is 4.15. The summed E-state index contributed by atoms with van der Waals surface area (Å²) in [7, 11) is 0. The first-order valence-corrected chi connectivity index (χ1v) is 7.45. The number of hydrogen-bond donors (Lipinski definition) is 1. The standard InChI is InChI=1S/C17H23N3O/c1-4-5-18-8-14-6-15(10-19-9-14)16-7-17(12-20-11-16)21-13(2)3/h6-7,9-13,18H,4-5,8H2,1-3H3. The Kier molecular flexibility index (Phi) is 5.69. The van der Waals surface area contributed by atoms with Crippen molar-refractivity contribution >= 4 is 0 Å². The van der Waals surface area contributed by atoms with Crippen molar-refractivity contribution < 1.29 is 4.74 Å². The Labute approximate surface area is 126 Å². The third kappa shape index (κ3) is 4.83. The van der Waals surface area contributed by atoms with Crippen molar-refractivity contribution in [2.24, 2.45) is 0 Å². The fraction of sp³-hybridized carbons (Fsp3) is 0.412. The molecule has 0 aromatic carbocycles. The lowest BCUT2D eigenvalue weighted by molar-refractivity contribution is 0.241. The number of ether oxygens (including phenoxy) is 1. The average molecular weight is 285 g/mol. The second-order valence-electron chi connectivity index (χ2n) is 5.33. The van der Waals surface area contributed by atoms with Crippen LogP contribution in [0.1, 0.15) is 32.8 Å². The number of aromatic nitrogens is 2. The minimum absolute atomic E-state index is 0.143. The molecule has 0 bridgehead atoms. The predicted octanol–water partition coefficient (Wildman–Crippen LogP) is 3.43. The van der Waals surface area contributed by atoms with Crippen LogP contribution in [0.15, 0.2) is 36.9 Å². The Hall–Kier alpha value is -1.94. The zero-order valence-corrected chi connectivity index (χ0v) is 13.0. The van der Waals surface area contributed by atoms with Crippen molar-refractivity contribution in [1.82, 2.24) is 15.3 Å². The molecule has 4 nitrogen and oxygen atoms in total. The molecule has 0 aliphatic heterocycles. The van der Waals surface area contributed by atoms with Crippen molar-refractivity contribution in [3.8, 4) is 16.9 Å². The third-order valence-electron chi connectivity index (χ3n) is 2.97. The lowest BCUT2D eigenvalue weighted by Crippen LogP contribution is -2.13. The van der Waals surface area contributed by atoms with Crippen LogP contribution in [0.2, 0.25) is 0 Å². The largest absolute Gasteiger partial charge is 0.489 e. The maximum Gasteiger partial charge on any atom is 0.138 e. The predicted molar refractivity (Wildman–Crippen MR) is 85.2 cm³/mol. The van der Waals surface area contributed by atoms with E-state index in [-0.39, 0.29) is 6.10 Å². The van der Waals surface area contributed by atoms with E-state index in [4.69, 9.17) is 4.74 Å². The molecular formula is C17H23N3O. The van der Waals surface area contributed by atoms with Gasteiger partial charge in [-0.05, 0) is 44.5 Å². The summed E-state index contributed by atoms with van der Waals surface area (Å²) < 4.78 is 5.69. The monoisotopic (exact) mass is 285 g/mol. The molecule has 0 radical (unpaired) electrons. The van der Waals surface area contributed by atoms with Gasteiger partial charge in [0.05, 0.1) is 12.3 Å². The van der Waals surface area contributed by atoms with Crippen LogP contribution in [0.25, 0.3) is 11.1 Å². The molecule has 0 spiro atoms. The first kappa shape index (κ1) is 15.4. The molecule has 2 aromatic rings. The van der Waals surface area contributed by atoms with E-state index in [1.807, 2.05) is 38.5 Å². The highest BCUT2D eigenvalue weighted by Crippen LogP contribution is 2.23. The van der Waals surface area contributed by atoms with Gasteiger partial charge in [0.2, 0.25) is 0 Å². The van der Waals surface area contributed by atoms with Gasteiger partial charge in [-0.15, -0.1) is 0 Å². The van der Waals surface area contributed by atoms with E-state index in [9.17, 15) is 0 Å². The summed E-state index contributed by atoms with van der Waals surface area (Å²) in [5.41, 5.74) is 3.27. The third-order valence-corrected chi connectivity index (χ3v) is 2.97. The van der Waals surface area contributed by atoms with Gasteiger partial charge in [0.1, 0.15) is 5.75 Å². The van der Waals surface area contributed by atoms with Crippen LogP contribution in [0.5, 0.6) is 5.75 Å². The molecule has 0 amide bonds. The second kappa shape index (κ2) is 7.74. The number of pyridine rings is 2. The Morgan fingerprint density at radius 3 is 2.48 bits per heavy atom. The molecule has 0 saturated carbocycles. The maximum atomic E-state index is 5.69. The van der Waals surface area contributed by atoms with Crippen molar-refractivity contribution in [3.05, 3.63) is 42.5 Å². The van der Waals surface area contributed by atoms with Crippen LogP contribution >= 0.6 is 0 Å². The van der Waals surface area contributed by atoms with E-state index in [0.717, 1.165) is 36.4 Å². The Morgan fingerprint density at radius 1 is 1.05 bits per heavy atom. The highest BCUT2D eigenvalue weighted by atomic mass is 16.5. The van der Waals surface area contributed by atoms with Crippen molar-refractivity contribution in [2.75, 3.05) is 6.54 Å². The zero-order valence-electron chi connectivity index (χ0n) is 13.0.